The summed E-state index contributed by atoms with van der Waals surface area (Å²) in [6, 6.07) is 5.47. The van der Waals surface area contributed by atoms with Gasteiger partial charge in [-0.1, -0.05) is 0 Å². The van der Waals surface area contributed by atoms with Crippen LogP contribution in [0, 0.1) is 30.4 Å². The van der Waals surface area contributed by atoms with E-state index in [0.29, 0.717) is 17.8 Å². The average molecular weight is 456 g/mol. The Bertz CT molecular complexity index is 1120. The molecule has 0 radical (unpaired) electrons. The van der Waals surface area contributed by atoms with Crippen LogP contribution in [0.2, 0.25) is 0 Å². The van der Waals surface area contributed by atoms with Gasteiger partial charge in [-0.05, 0) is 45.4 Å². The predicted octanol–water partition coefficient (Wildman–Crippen LogP) is 4.35. The fourth-order valence-electron chi connectivity index (χ4n) is 4.88. The second kappa shape index (κ2) is 8.57. The van der Waals surface area contributed by atoms with E-state index in [1.807, 2.05) is 26.8 Å². The molecule has 1 saturated heterocycles. The number of hydrogen-bond acceptors (Lipinski definition) is 7. The number of halogens is 2. The Morgan fingerprint density at radius 1 is 1.03 bits per heavy atom. The number of anilines is 2. The summed E-state index contributed by atoms with van der Waals surface area (Å²) in [5.74, 6) is 0.935. The summed E-state index contributed by atoms with van der Waals surface area (Å²) >= 11 is 0. The summed E-state index contributed by atoms with van der Waals surface area (Å²) in [7, 11) is 0. The number of nitrogens with zero attached hydrogens (tertiary/aromatic N) is 6. The Hall–Kier alpha value is -3.30. The van der Waals surface area contributed by atoms with Crippen LogP contribution in [0.15, 0.2) is 30.6 Å². The van der Waals surface area contributed by atoms with E-state index in [1.165, 1.54) is 0 Å². The van der Waals surface area contributed by atoms with E-state index in [9.17, 15) is 8.78 Å². The molecule has 10 heteroatoms. The fourth-order valence-corrected chi connectivity index (χ4v) is 4.88. The molecule has 0 amide bonds. The van der Waals surface area contributed by atoms with Crippen LogP contribution in [-0.4, -0.2) is 43.9 Å². The molecule has 8 nitrogen and oxygen atoms in total. The molecular weight excluding hydrogens is 428 g/mol. The summed E-state index contributed by atoms with van der Waals surface area (Å²) in [6.45, 7) is 7.68. The molecule has 33 heavy (non-hydrogen) atoms. The molecule has 1 aliphatic carbocycles. The number of rotatable bonds is 6. The highest BCUT2D eigenvalue weighted by Crippen LogP contribution is 2.40. The second-order valence-corrected chi connectivity index (χ2v) is 9.15. The maximum atomic E-state index is 13.6. The monoisotopic (exact) mass is 455 g/mol. The molecule has 1 saturated carbocycles. The predicted molar refractivity (Wildman–Crippen MR) is 119 cm³/mol. The molecule has 3 heterocycles. The van der Waals surface area contributed by atoms with Crippen LogP contribution in [0.1, 0.15) is 38.4 Å². The molecular formula is C23H27F2N7O. The van der Waals surface area contributed by atoms with Gasteiger partial charge in [0.05, 0.1) is 6.04 Å². The number of fused-ring (bicyclic) bond motifs is 2. The minimum atomic E-state index is -0.707. The van der Waals surface area contributed by atoms with Gasteiger partial charge in [-0.3, -0.25) is 0 Å². The molecule has 2 unspecified atom stereocenters. The standard InChI is InChI=1S/C23H27F2N7O/c1-13(2)32-23(33-19-8-17(24)7-18(25)9-19)29-22(30-32)28-21-15-4-5-16(21)11-31(10-15)20-6-14(3)26-12-27-20/h6-9,12-13,15-16,21H,4-5,10-11H2,1-3H3,(H,28,30). The first-order chi connectivity index (χ1) is 15.9. The van der Waals surface area contributed by atoms with Crippen LogP contribution in [0.5, 0.6) is 11.8 Å². The fraction of sp³-hybridized carbons (Fsp3) is 0.478. The van der Waals surface area contributed by atoms with Crippen LogP contribution in [0.3, 0.4) is 0 Å². The third-order valence-electron chi connectivity index (χ3n) is 6.38. The molecule has 5 rings (SSSR count). The lowest BCUT2D eigenvalue weighted by Gasteiger charge is -2.38. The minimum Gasteiger partial charge on any atom is -0.424 e. The minimum absolute atomic E-state index is 0.0407. The summed E-state index contributed by atoms with van der Waals surface area (Å²) < 4.78 is 34.5. The Labute approximate surface area is 191 Å². The first-order valence-corrected chi connectivity index (χ1v) is 11.3. The van der Waals surface area contributed by atoms with Crippen molar-refractivity contribution in [1.29, 1.82) is 0 Å². The maximum Gasteiger partial charge on any atom is 0.322 e. The van der Waals surface area contributed by atoms with Crippen molar-refractivity contribution < 1.29 is 13.5 Å². The molecule has 3 aromatic rings. The highest BCUT2D eigenvalue weighted by atomic mass is 19.1. The number of benzene rings is 1. The van der Waals surface area contributed by atoms with Crippen LogP contribution < -0.4 is 15.0 Å². The number of ether oxygens (including phenoxy) is 1. The quantitative estimate of drug-likeness (QED) is 0.592. The van der Waals surface area contributed by atoms with Gasteiger partial charge in [-0.2, -0.15) is 4.98 Å². The Morgan fingerprint density at radius 3 is 2.36 bits per heavy atom. The van der Waals surface area contributed by atoms with Gasteiger partial charge >= 0.3 is 6.01 Å². The van der Waals surface area contributed by atoms with E-state index in [1.54, 1.807) is 11.0 Å². The molecule has 1 aromatic carbocycles. The summed E-state index contributed by atoms with van der Waals surface area (Å²) in [6.07, 6.45) is 3.87. The van der Waals surface area contributed by atoms with Gasteiger partial charge in [0.1, 0.15) is 29.5 Å². The van der Waals surface area contributed by atoms with E-state index in [0.717, 1.165) is 55.6 Å². The lowest BCUT2D eigenvalue weighted by atomic mass is 9.92. The molecule has 174 valence electrons. The van der Waals surface area contributed by atoms with Crippen molar-refractivity contribution in [3.05, 3.63) is 47.9 Å². The number of aromatic nitrogens is 5. The van der Waals surface area contributed by atoms with Gasteiger partial charge in [0, 0.05) is 49.1 Å². The zero-order valence-corrected chi connectivity index (χ0v) is 18.9. The normalized spacial score (nSPS) is 22.1. The highest BCUT2D eigenvalue weighted by molar-refractivity contribution is 5.42. The van der Waals surface area contributed by atoms with Gasteiger partial charge in [0.15, 0.2) is 0 Å². The van der Waals surface area contributed by atoms with Gasteiger partial charge < -0.3 is 15.0 Å². The van der Waals surface area contributed by atoms with Crippen molar-refractivity contribution in [2.45, 2.75) is 45.7 Å². The highest BCUT2D eigenvalue weighted by Gasteiger charge is 2.43. The largest absolute Gasteiger partial charge is 0.424 e. The van der Waals surface area contributed by atoms with E-state index >= 15 is 0 Å². The van der Waals surface area contributed by atoms with Crippen LogP contribution >= 0.6 is 0 Å². The summed E-state index contributed by atoms with van der Waals surface area (Å²) in [5, 5.41) is 8.10. The van der Waals surface area contributed by atoms with E-state index in [-0.39, 0.29) is 23.8 Å². The first kappa shape index (κ1) is 21.5. The van der Waals surface area contributed by atoms with Crippen molar-refractivity contribution >= 4 is 11.8 Å². The molecule has 0 spiro atoms. The number of hydrogen-bond donors (Lipinski definition) is 1. The van der Waals surface area contributed by atoms with E-state index in [4.69, 9.17) is 4.74 Å². The van der Waals surface area contributed by atoms with Crippen LogP contribution in [-0.2, 0) is 0 Å². The van der Waals surface area contributed by atoms with Crippen LogP contribution in [0.4, 0.5) is 20.5 Å². The maximum absolute atomic E-state index is 13.6. The SMILES string of the molecule is Cc1cc(N2CC3CCC(C2)C3Nc2nc(Oc3cc(F)cc(F)c3)n(C(C)C)n2)ncn1. The molecule has 2 bridgehead atoms. The topological polar surface area (TPSA) is 81.0 Å². The Balaban J connectivity index is 1.33. The number of piperidine rings is 1. The molecule has 2 aromatic heterocycles. The summed E-state index contributed by atoms with van der Waals surface area (Å²) in [5.41, 5.74) is 0.960. The molecule has 2 fully saturated rings. The Morgan fingerprint density at radius 2 is 1.73 bits per heavy atom. The van der Waals surface area contributed by atoms with Gasteiger partial charge in [0.25, 0.3) is 0 Å². The first-order valence-electron chi connectivity index (χ1n) is 11.3. The van der Waals surface area contributed by atoms with E-state index in [2.05, 4.69) is 30.3 Å². The molecule has 2 aliphatic rings. The molecule has 1 N–H and O–H groups in total. The van der Waals surface area contributed by atoms with Gasteiger partial charge in [-0.25, -0.2) is 23.4 Å². The third-order valence-corrected chi connectivity index (χ3v) is 6.38. The third kappa shape index (κ3) is 4.46. The average Bonchev–Trinajstić information content (AvgIpc) is 3.23. The zero-order valence-electron chi connectivity index (χ0n) is 18.9. The van der Waals surface area contributed by atoms with E-state index < -0.39 is 11.6 Å². The van der Waals surface area contributed by atoms with Gasteiger partial charge in [-0.15, -0.1) is 5.10 Å². The number of aryl methyl sites for hydroxylation is 1. The lowest BCUT2D eigenvalue weighted by molar-refractivity contribution is 0.371. The van der Waals surface area contributed by atoms with Crippen molar-refractivity contribution in [2.24, 2.45) is 11.8 Å². The number of nitrogens with one attached hydrogen (secondary N) is 1. The molecule has 2 atom stereocenters. The van der Waals surface area contributed by atoms with Crippen molar-refractivity contribution in [2.75, 3.05) is 23.3 Å². The second-order valence-electron chi connectivity index (χ2n) is 9.15. The summed E-state index contributed by atoms with van der Waals surface area (Å²) in [4.78, 5) is 15.5. The Kier molecular flexibility index (Phi) is 5.59. The lowest BCUT2D eigenvalue weighted by Crippen LogP contribution is -2.48. The van der Waals surface area contributed by atoms with Crippen molar-refractivity contribution in [3.8, 4) is 11.8 Å². The van der Waals surface area contributed by atoms with Crippen LogP contribution in [0.25, 0.3) is 0 Å². The van der Waals surface area contributed by atoms with Crippen molar-refractivity contribution in [3.63, 3.8) is 0 Å². The smallest absolute Gasteiger partial charge is 0.322 e. The zero-order chi connectivity index (χ0) is 23.1. The molecule has 1 aliphatic heterocycles. The van der Waals surface area contributed by atoms with Crippen molar-refractivity contribution in [1.82, 2.24) is 24.7 Å². The van der Waals surface area contributed by atoms with Gasteiger partial charge in [0.2, 0.25) is 5.95 Å².